The minimum absolute atomic E-state index is 0.258. The molecule has 1 aromatic heterocycles. The SMILES string of the molecule is CCCCCCCCCCCCC(Br)C(=O)OC[C@H]1O[C@@H](n2cc(C)c(=O)[nH]c2=O)[C@H](O)[C@@H]1O. The molecule has 1 aliphatic heterocycles. The standard InChI is InChI=1S/C24H39BrN2O7/c1-3-4-5-6-7-8-9-10-11-12-13-17(25)23(31)33-15-18-19(28)20(29)22(34-18)27-14-16(2)21(30)26-24(27)32/h14,17-20,22,28-29H,3-13,15H2,1-2H3,(H,26,30,32)/t17?,18-,19-,20-,22-/m1/s1. The number of carbonyl (C=O) groups is 1. The zero-order chi connectivity index (χ0) is 25.1. The van der Waals surface area contributed by atoms with Gasteiger partial charge in [0.15, 0.2) is 6.23 Å². The van der Waals surface area contributed by atoms with Crippen LogP contribution in [0.4, 0.5) is 0 Å². The maximum atomic E-state index is 12.3. The Balaban J connectivity index is 1.68. The van der Waals surface area contributed by atoms with Gasteiger partial charge in [0.25, 0.3) is 5.56 Å². The van der Waals surface area contributed by atoms with Crippen molar-refractivity contribution in [2.45, 2.75) is 114 Å². The summed E-state index contributed by atoms with van der Waals surface area (Å²) in [6.07, 6.45) is 9.12. The van der Waals surface area contributed by atoms with Gasteiger partial charge in [-0.15, -0.1) is 0 Å². The number of aromatic amines is 1. The molecule has 0 aromatic carbocycles. The molecule has 1 fully saturated rings. The largest absolute Gasteiger partial charge is 0.462 e. The van der Waals surface area contributed by atoms with Crippen molar-refractivity contribution in [1.82, 2.24) is 9.55 Å². The number of aliphatic hydroxyl groups is 2. The molecule has 0 amide bonds. The Kier molecular flexibility index (Phi) is 12.5. The predicted octanol–water partition coefficient (Wildman–Crippen LogP) is 3.08. The van der Waals surface area contributed by atoms with Gasteiger partial charge in [0.05, 0.1) is 0 Å². The van der Waals surface area contributed by atoms with Crippen molar-refractivity contribution in [3.8, 4) is 0 Å². The van der Waals surface area contributed by atoms with E-state index in [-0.39, 0.29) is 12.2 Å². The van der Waals surface area contributed by atoms with Gasteiger partial charge in [-0.25, -0.2) is 4.79 Å². The van der Waals surface area contributed by atoms with Crippen molar-refractivity contribution in [2.75, 3.05) is 6.61 Å². The monoisotopic (exact) mass is 546 g/mol. The lowest BCUT2D eigenvalue weighted by atomic mass is 10.1. The summed E-state index contributed by atoms with van der Waals surface area (Å²) in [4.78, 5) is 37.6. The zero-order valence-corrected chi connectivity index (χ0v) is 21.8. The number of hydrogen-bond acceptors (Lipinski definition) is 7. The highest BCUT2D eigenvalue weighted by molar-refractivity contribution is 9.10. The Morgan fingerprint density at radius 1 is 1.09 bits per heavy atom. The molecular weight excluding hydrogens is 508 g/mol. The second-order valence-corrected chi connectivity index (χ2v) is 10.2. The van der Waals surface area contributed by atoms with E-state index in [9.17, 15) is 24.6 Å². The van der Waals surface area contributed by atoms with Gasteiger partial charge in [-0.05, 0) is 13.3 Å². The molecule has 0 radical (unpaired) electrons. The summed E-state index contributed by atoms with van der Waals surface area (Å²) in [6.45, 7) is 3.47. The van der Waals surface area contributed by atoms with Crippen LogP contribution in [0.25, 0.3) is 0 Å². The maximum Gasteiger partial charge on any atom is 0.330 e. The number of nitrogens with zero attached hydrogens (tertiary/aromatic N) is 1. The van der Waals surface area contributed by atoms with Crippen molar-refractivity contribution < 1.29 is 24.5 Å². The Hall–Kier alpha value is -1.49. The number of halogens is 1. The van der Waals surface area contributed by atoms with Crippen LogP contribution in [-0.4, -0.2) is 55.5 Å². The molecule has 0 saturated carbocycles. The quantitative estimate of drug-likeness (QED) is 0.175. The van der Waals surface area contributed by atoms with E-state index in [1.807, 2.05) is 0 Å². The van der Waals surface area contributed by atoms with Crippen LogP contribution in [0, 0.1) is 6.92 Å². The third-order valence-electron chi connectivity index (χ3n) is 6.21. The number of aliphatic hydroxyl groups excluding tert-OH is 2. The fourth-order valence-corrected chi connectivity index (χ4v) is 4.51. The normalized spacial score (nSPS) is 23.2. The highest BCUT2D eigenvalue weighted by atomic mass is 79.9. The molecular formula is C24H39BrN2O7. The number of nitrogens with one attached hydrogen (secondary N) is 1. The van der Waals surface area contributed by atoms with Gasteiger partial charge < -0.3 is 19.7 Å². The van der Waals surface area contributed by atoms with Crippen LogP contribution in [0.5, 0.6) is 0 Å². The lowest BCUT2D eigenvalue weighted by Gasteiger charge is -2.17. The number of esters is 1. The number of rotatable bonds is 15. The van der Waals surface area contributed by atoms with E-state index in [1.165, 1.54) is 58.1 Å². The highest BCUT2D eigenvalue weighted by Crippen LogP contribution is 2.29. The molecule has 10 heteroatoms. The van der Waals surface area contributed by atoms with Crippen LogP contribution in [0.2, 0.25) is 0 Å². The van der Waals surface area contributed by atoms with Gasteiger partial charge in [-0.2, -0.15) is 0 Å². The van der Waals surface area contributed by atoms with Gasteiger partial charge in [-0.3, -0.25) is 19.1 Å². The van der Waals surface area contributed by atoms with Crippen molar-refractivity contribution in [1.29, 1.82) is 0 Å². The summed E-state index contributed by atoms with van der Waals surface area (Å²) in [5.41, 5.74) is -1.04. The number of hydrogen-bond donors (Lipinski definition) is 3. The predicted molar refractivity (Wildman–Crippen MR) is 132 cm³/mol. The average Bonchev–Trinajstić information content (AvgIpc) is 3.09. The van der Waals surface area contributed by atoms with Gasteiger partial charge in [0, 0.05) is 11.8 Å². The van der Waals surface area contributed by atoms with Gasteiger partial charge in [0.1, 0.15) is 29.7 Å². The second-order valence-electron chi connectivity index (χ2n) is 9.09. The Morgan fingerprint density at radius 2 is 1.68 bits per heavy atom. The van der Waals surface area contributed by atoms with E-state index >= 15 is 0 Å². The molecule has 5 atom stereocenters. The molecule has 1 saturated heterocycles. The summed E-state index contributed by atoms with van der Waals surface area (Å²) in [5.74, 6) is -0.457. The summed E-state index contributed by atoms with van der Waals surface area (Å²) in [7, 11) is 0. The zero-order valence-electron chi connectivity index (χ0n) is 20.2. The first-order valence-electron chi connectivity index (χ1n) is 12.4. The number of aromatic nitrogens is 2. The van der Waals surface area contributed by atoms with Gasteiger partial charge in [-0.1, -0.05) is 87.1 Å². The van der Waals surface area contributed by atoms with Crippen molar-refractivity contribution in [3.05, 3.63) is 32.6 Å². The molecule has 2 rings (SSSR count). The summed E-state index contributed by atoms with van der Waals surface area (Å²) in [5, 5.41) is 20.6. The fourth-order valence-electron chi connectivity index (χ4n) is 4.06. The first kappa shape index (κ1) is 28.7. The highest BCUT2D eigenvalue weighted by Gasteiger charge is 2.44. The summed E-state index contributed by atoms with van der Waals surface area (Å²) in [6, 6.07) is 0. The molecule has 1 aliphatic rings. The van der Waals surface area contributed by atoms with Crippen LogP contribution < -0.4 is 11.2 Å². The number of carbonyl (C=O) groups excluding carboxylic acids is 1. The van der Waals surface area contributed by atoms with E-state index in [4.69, 9.17) is 9.47 Å². The number of aryl methyl sites for hydroxylation is 1. The second kappa shape index (κ2) is 14.8. The molecule has 34 heavy (non-hydrogen) atoms. The first-order chi connectivity index (χ1) is 16.3. The molecule has 0 bridgehead atoms. The lowest BCUT2D eigenvalue weighted by Crippen LogP contribution is -2.38. The van der Waals surface area contributed by atoms with Crippen molar-refractivity contribution in [2.24, 2.45) is 0 Å². The topological polar surface area (TPSA) is 131 Å². The lowest BCUT2D eigenvalue weighted by molar-refractivity contribution is -0.149. The minimum atomic E-state index is -1.42. The van der Waals surface area contributed by atoms with Crippen LogP contribution in [0.15, 0.2) is 15.8 Å². The number of unbranched alkanes of at least 4 members (excludes halogenated alkanes) is 9. The van der Waals surface area contributed by atoms with E-state index in [1.54, 1.807) is 0 Å². The van der Waals surface area contributed by atoms with Crippen LogP contribution >= 0.6 is 15.9 Å². The maximum absolute atomic E-state index is 12.3. The minimum Gasteiger partial charge on any atom is -0.462 e. The fraction of sp³-hybridized carbons (Fsp3) is 0.792. The number of alkyl halides is 1. The molecule has 2 heterocycles. The van der Waals surface area contributed by atoms with Gasteiger partial charge >= 0.3 is 11.7 Å². The molecule has 1 unspecified atom stereocenters. The summed E-state index contributed by atoms with van der Waals surface area (Å²) < 4.78 is 11.9. The van der Waals surface area contributed by atoms with E-state index < -0.39 is 46.6 Å². The molecule has 0 aliphatic carbocycles. The third kappa shape index (κ3) is 8.62. The molecule has 3 N–H and O–H groups in total. The third-order valence-corrected chi connectivity index (χ3v) is 7.05. The average molecular weight is 547 g/mol. The van der Waals surface area contributed by atoms with Crippen molar-refractivity contribution >= 4 is 21.9 Å². The smallest absolute Gasteiger partial charge is 0.330 e. The van der Waals surface area contributed by atoms with Crippen LogP contribution in [0.1, 0.15) is 89.3 Å². The molecule has 0 spiro atoms. The number of ether oxygens (including phenoxy) is 2. The Morgan fingerprint density at radius 3 is 2.29 bits per heavy atom. The number of H-pyrrole nitrogens is 1. The molecule has 194 valence electrons. The molecule has 1 aromatic rings. The Bertz CT molecular complexity index is 872. The summed E-state index contributed by atoms with van der Waals surface area (Å²) >= 11 is 3.36. The first-order valence-corrected chi connectivity index (χ1v) is 13.3. The van der Waals surface area contributed by atoms with E-state index in [0.29, 0.717) is 6.42 Å². The van der Waals surface area contributed by atoms with Crippen LogP contribution in [-0.2, 0) is 14.3 Å². The van der Waals surface area contributed by atoms with E-state index in [0.717, 1.165) is 23.8 Å². The van der Waals surface area contributed by atoms with Gasteiger partial charge in [0.2, 0.25) is 0 Å². The molecule has 9 nitrogen and oxygen atoms in total. The Labute approximate surface area is 209 Å². The van der Waals surface area contributed by atoms with Crippen LogP contribution in [0.3, 0.4) is 0 Å². The van der Waals surface area contributed by atoms with Crippen molar-refractivity contribution in [3.63, 3.8) is 0 Å². The van der Waals surface area contributed by atoms with E-state index in [2.05, 4.69) is 27.8 Å².